The van der Waals surface area contributed by atoms with Crippen molar-refractivity contribution < 1.29 is 58.5 Å². The predicted octanol–water partition coefficient (Wildman–Crippen LogP) is 7.34. The van der Waals surface area contributed by atoms with Crippen LogP contribution in [0.2, 0.25) is 0 Å². The van der Waals surface area contributed by atoms with Crippen LogP contribution in [-0.2, 0) is 12.5 Å². The van der Waals surface area contributed by atoms with E-state index in [1.54, 1.807) is 6.92 Å². The Balaban J connectivity index is 2.07. The van der Waals surface area contributed by atoms with Crippen LogP contribution >= 0.6 is 0 Å². The third kappa shape index (κ3) is 5.38. The average Bonchev–Trinajstić information content (AvgIpc) is 2.70. The minimum atomic E-state index is -5.52. The van der Waals surface area contributed by atoms with Gasteiger partial charge in [-0.15, -0.1) is 13.2 Å². The van der Waals surface area contributed by atoms with E-state index in [4.69, 9.17) is 0 Å². The summed E-state index contributed by atoms with van der Waals surface area (Å²) in [6.45, 7) is 1.66. The number of phenolic OH excluding ortho intramolecular Hbond substituents is 1. The van der Waals surface area contributed by atoms with Crippen LogP contribution in [0.5, 0.6) is 17.2 Å². The molecule has 35 heavy (non-hydrogen) atoms. The smallest absolute Gasteiger partial charge is 0.507 e. The number of ether oxygens (including phenoxy) is 2. The van der Waals surface area contributed by atoms with E-state index in [0.29, 0.717) is 12.0 Å². The van der Waals surface area contributed by atoms with Crippen molar-refractivity contribution in [3.63, 3.8) is 0 Å². The largest absolute Gasteiger partial charge is 0.573 e. The first-order valence-corrected chi connectivity index (χ1v) is 9.46. The zero-order valence-electron chi connectivity index (χ0n) is 17.2. The first-order chi connectivity index (χ1) is 16.1. The molecule has 0 bridgehead atoms. The van der Waals surface area contributed by atoms with E-state index < -0.39 is 75.5 Å². The molecule has 13 heteroatoms. The van der Waals surface area contributed by atoms with Crippen LogP contribution in [0.15, 0.2) is 36.4 Å². The zero-order chi connectivity index (χ0) is 26.3. The summed E-state index contributed by atoms with van der Waals surface area (Å²) in [7, 11) is 0. The van der Waals surface area contributed by atoms with E-state index >= 15 is 4.39 Å². The summed E-state index contributed by atoms with van der Waals surface area (Å²) >= 11 is 0. The van der Waals surface area contributed by atoms with Crippen LogP contribution in [0, 0.1) is 29.1 Å². The number of hydrogen-bond acceptors (Lipinski definition) is 3. The maximum absolute atomic E-state index is 15.0. The summed E-state index contributed by atoms with van der Waals surface area (Å²) < 4.78 is 145. The number of benzene rings is 3. The second-order valence-electron chi connectivity index (χ2n) is 6.99. The second kappa shape index (κ2) is 9.19. The minimum absolute atomic E-state index is 0.0413. The molecule has 0 radical (unpaired) electrons. The van der Waals surface area contributed by atoms with Gasteiger partial charge in [-0.25, -0.2) is 22.0 Å². The highest BCUT2D eigenvalue weighted by Gasteiger charge is 2.43. The number of aromatic hydroxyl groups is 1. The Hall–Kier alpha value is -3.64. The Morgan fingerprint density at radius 3 is 1.89 bits per heavy atom. The van der Waals surface area contributed by atoms with Crippen molar-refractivity contribution in [3.8, 4) is 28.4 Å². The minimum Gasteiger partial charge on any atom is -0.507 e. The van der Waals surface area contributed by atoms with Gasteiger partial charge in [0.05, 0.1) is 5.56 Å². The SMILES string of the molecule is CCc1ccc(-c2c(O)cc(F)c(C(F)(F)Oc3cc(F)c(OC(F)(F)F)c(F)c3)c2F)c(F)c1. The molecule has 1 N–H and O–H groups in total. The molecule has 188 valence electrons. The van der Waals surface area contributed by atoms with Gasteiger partial charge in [0.1, 0.15) is 28.7 Å². The molecule has 0 aliphatic rings. The van der Waals surface area contributed by atoms with E-state index in [2.05, 4.69) is 9.47 Å². The van der Waals surface area contributed by atoms with Crippen LogP contribution in [0.3, 0.4) is 0 Å². The molecule has 0 amide bonds. The van der Waals surface area contributed by atoms with Crippen LogP contribution in [0.25, 0.3) is 11.1 Å². The topological polar surface area (TPSA) is 38.7 Å². The molecule has 0 saturated heterocycles. The zero-order valence-corrected chi connectivity index (χ0v) is 17.2. The van der Waals surface area contributed by atoms with Gasteiger partial charge in [-0.2, -0.15) is 8.78 Å². The Bertz CT molecular complexity index is 1250. The van der Waals surface area contributed by atoms with Gasteiger partial charge in [0.2, 0.25) is 5.75 Å². The van der Waals surface area contributed by atoms with E-state index in [9.17, 15) is 44.6 Å². The van der Waals surface area contributed by atoms with Gasteiger partial charge >= 0.3 is 12.5 Å². The highest BCUT2D eigenvalue weighted by atomic mass is 19.4. The molecule has 0 aliphatic heterocycles. The number of rotatable bonds is 6. The van der Waals surface area contributed by atoms with Crippen molar-refractivity contribution in [2.45, 2.75) is 25.8 Å². The number of aryl methyl sites for hydroxylation is 1. The Morgan fingerprint density at radius 1 is 0.771 bits per heavy atom. The van der Waals surface area contributed by atoms with Crippen molar-refractivity contribution >= 4 is 0 Å². The summed E-state index contributed by atoms with van der Waals surface area (Å²) in [5.41, 5.74) is -3.60. The molecule has 3 aromatic rings. The molecule has 0 atom stereocenters. The maximum atomic E-state index is 15.0. The lowest BCUT2D eigenvalue weighted by Gasteiger charge is -2.22. The summed E-state index contributed by atoms with van der Waals surface area (Å²) in [6, 6.07) is 2.94. The Morgan fingerprint density at radius 2 is 1.37 bits per heavy atom. The molecular weight excluding hydrogens is 502 g/mol. The molecule has 0 aromatic heterocycles. The summed E-state index contributed by atoms with van der Waals surface area (Å²) in [6.07, 6.45) is -10.2. The number of alkyl halides is 5. The lowest BCUT2D eigenvalue weighted by molar-refractivity contribution is -0.276. The van der Waals surface area contributed by atoms with Crippen molar-refractivity contribution in [2.75, 3.05) is 0 Å². The normalized spacial score (nSPS) is 12.1. The van der Waals surface area contributed by atoms with E-state index in [-0.39, 0.29) is 18.2 Å². The van der Waals surface area contributed by atoms with Gasteiger partial charge in [-0.3, -0.25) is 0 Å². The van der Waals surface area contributed by atoms with E-state index in [1.165, 1.54) is 6.07 Å². The molecule has 3 rings (SSSR count). The molecule has 0 heterocycles. The third-order valence-electron chi connectivity index (χ3n) is 4.64. The van der Waals surface area contributed by atoms with Crippen LogP contribution in [-0.4, -0.2) is 11.5 Å². The summed E-state index contributed by atoms with van der Waals surface area (Å²) in [5, 5.41) is 9.92. The lowest BCUT2D eigenvalue weighted by atomic mass is 9.97. The molecule has 3 aromatic carbocycles. The number of hydrogen-bond donors (Lipinski definition) is 1. The van der Waals surface area contributed by atoms with Crippen molar-refractivity contribution in [3.05, 3.63) is 76.6 Å². The third-order valence-corrected chi connectivity index (χ3v) is 4.64. The van der Waals surface area contributed by atoms with Crippen molar-refractivity contribution in [1.82, 2.24) is 0 Å². The highest BCUT2D eigenvalue weighted by Crippen LogP contribution is 2.43. The van der Waals surface area contributed by atoms with Gasteiger partial charge in [0, 0.05) is 23.8 Å². The fourth-order valence-electron chi connectivity index (χ4n) is 3.12. The number of halogens is 10. The molecule has 0 fully saturated rings. The van der Waals surface area contributed by atoms with E-state index in [1.807, 2.05) is 0 Å². The molecule has 0 aliphatic carbocycles. The quantitative estimate of drug-likeness (QED) is 0.350. The molecule has 0 unspecified atom stereocenters. The fraction of sp³-hybridized carbons (Fsp3) is 0.182. The first-order valence-electron chi connectivity index (χ1n) is 9.46. The van der Waals surface area contributed by atoms with Gasteiger partial charge in [0.15, 0.2) is 17.5 Å². The lowest BCUT2D eigenvalue weighted by Crippen LogP contribution is -2.26. The van der Waals surface area contributed by atoms with Gasteiger partial charge in [0.25, 0.3) is 0 Å². The van der Waals surface area contributed by atoms with Crippen molar-refractivity contribution in [2.24, 2.45) is 0 Å². The molecule has 0 saturated carbocycles. The van der Waals surface area contributed by atoms with Crippen LogP contribution in [0.1, 0.15) is 18.1 Å². The summed E-state index contributed by atoms with van der Waals surface area (Å²) in [4.78, 5) is 0. The van der Waals surface area contributed by atoms with E-state index in [0.717, 1.165) is 12.1 Å². The molecule has 0 spiro atoms. The van der Waals surface area contributed by atoms with Gasteiger partial charge in [-0.05, 0) is 18.1 Å². The maximum Gasteiger partial charge on any atom is 0.573 e. The fourth-order valence-corrected chi connectivity index (χ4v) is 3.12. The average molecular weight is 514 g/mol. The Kier molecular flexibility index (Phi) is 6.82. The standard InChI is InChI=1S/C22H12F10O3/c1-2-9-3-4-11(12(23)5-9)17-16(33)8-13(24)18(19(17)27)21(28,29)34-10-6-14(25)20(15(26)7-10)35-22(30,31)32/h3-8,33H,2H2,1H3. The van der Waals surface area contributed by atoms with Crippen LogP contribution < -0.4 is 9.47 Å². The highest BCUT2D eigenvalue weighted by molar-refractivity contribution is 5.73. The molecule has 3 nitrogen and oxygen atoms in total. The molecular formula is C22H12F10O3. The first kappa shape index (κ1) is 26.0. The summed E-state index contributed by atoms with van der Waals surface area (Å²) in [5.74, 6) is -14.3. The second-order valence-corrected chi connectivity index (χ2v) is 6.99. The monoisotopic (exact) mass is 514 g/mol. The van der Waals surface area contributed by atoms with Gasteiger partial charge in [-0.1, -0.05) is 19.1 Å². The number of phenols is 1. The van der Waals surface area contributed by atoms with Crippen molar-refractivity contribution in [1.29, 1.82) is 0 Å². The van der Waals surface area contributed by atoms with Gasteiger partial charge < -0.3 is 14.6 Å². The predicted molar refractivity (Wildman–Crippen MR) is 100 cm³/mol. The van der Waals surface area contributed by atoms with Crippen LogP contribution in [0.4, 0.5) is 43.9 Å². The Labute approximate surface area is 190 Å².